The second kappa shape index (κ2) is 5.47. The van der Waals surface area contributed by atoms with Gasteiger partial charge in [-0.3, -0.25) is 0 Å². The zero-order valence-corrected chi connectivity index (χ0v) is 13.3. The summed E-state index contributed by atoms with van der Waals surface area (Å²) in [5, 5.41) is 0.632. The Bertz CT molecular complexity index is 675. The largest absolute Gasteiger partial charge is 0.329 e. The Morgan fingerprint density at radius 2 is 2.35 bits per heavy atom. The summed E-state index contributed by atoms with van der Waals surface area (Å²) >= 11 is 11.4. The summed E-state index contributed by atoms with van der Waals surface area (Å²) in [6.45, 7) is 7.75. The van der Waals surface area contributed by atoms with Gasteiger partial charge in [-0.1, -0.05) is 11.6 Å². The van der Waals surface area contributed by atoms with E-state index in [-0.39, 0.29) is 0 Å². The molecule has 0 aromatic carbocycles. The van der Waals surface area contributed by atoms with E-state index in [0.717, 1.165) is 29.0 Å². The highest BCUT2D eigenvalue weighted by atomic mass is 35.5. The van der Waals surface area contributed by atoms with Crippen LogP contribution in [0.2, 0.25) is 5.02 Å². The summed E-state index contributed by atoms with van der Waals surface area (Å²) < 4.78 is 2.84. The molecule has 1 unspecified atom stereocenters. The molecule has 108 valence electrons. The lowest BCUT2D eigenvalue weighted by Crippen LogP contribution is -2.28. The number of nitrogens with zero attached hydrogens (tertiary/aromatic N) is 3. The molecule has 1 fully saturated rings. The van der Waals surface area contributed by atoms with E-state index in [0.29, 0.717) is 17.0 Å². The van der Waals surface area contributed by atoms with Crippen molar-refractivity contribution in [3.8, 4) is 0 Å². The normalized spacial score (nSPS) is 20.3. The summed E-state index contributed by atoms with van der Waals surface area (Å²) in [6.07, 6.45) is 2.90. The summed E-state index contributed by atoms with van der Waals surface area (Å²) in [4.78, 5) is 10.1. The minimum Gasteiger partial charge on any atom is -0.329 e. The van der Waals surface area contributed by atoms with Crippen LogP contribution in [0.15, 0.2) is 12.3 Å². The molecular formula is C14H19ClN4S. The summed E-state index contributed by atoms with van der Waals surface area (Å²) in [6, 6.07) is 2.50. The Balaban J connectivity index is 1.85. The van der Waals surface area contributed by atoms with Crippen molar-refractivity contribution in [2.45, 2.75) is 32.9 Å². The SMILES string of the molecule is CC(C)N1CCC(Cn2c(=S)[nH]c3cc(Cl)cnc32)C1. The van der Waals surface area contributed by atoms with Crippen LogP contribution in [0.25, 0.3) is 11.2 Å². The molecule has 4 nitrogen and oxygen atoms in total. The monoisotopic (exact) mass is 310 g/mol. The molecule has 0 bridgehead atoms. The van der Waals surface area contributed by atoms with Crippen molar-refractivity contribution in [3.63, 3.8) is 0 Å². The van der Waals surface area contributed by atoms with E-state index in [2.05, 4.69) is 33.3 Å². The molecule has 6 heteroatoms. The molecule has 3 rings (SSSR count). The molecule has 2 aromatic heterocycles. The Hall–Kier alpha value is -0.910. The zero-order valence-electron chi connectivity index (χ0n) is 11.8. The van der Waals surface area contributed by atoms with E-state index in [4.69, 9.17) is 23.8 Å². The number of rotatable bonds is 3. The Labute approximate surface area is 128 Å². The van der Waals surface area contributed by atoms with Crippen molar-refractivity contribution < 1.29 is 0 Å². The van der Waals surface area contributed by atoms with Crippen LogP contribution >= 0.6 is 23.8 Å². The molecule has 2 aromatic rings. The van der Waals surface area contributed by atoms with Crippen LogP contribution in [0.4, 0.5) is 0 Å². The van der Waals surface area contributed by atoms with Crippen molar-refractivity contribution in [2.75, 3.05) is 13.1 Å². The maximum Gasteiger partial charge on any atom is 0.179 e. The Morgan fingerprint density at radius 3 is 3.05 bits per heavy atom. The molecule has 1 aliphatic heterocycles. The Morgan fingerprint density at radius 1 is 1.55 bits per heavy atom. The van der Waals surface area contributed by atoms with E-state index in [1.54, 1.807) is 6.20 Å². The first kappa shape index (κ1) is 14.0. The van der Waals surface area contributed by atoms with Gasteiger partial charge in [-0.15, -0.1) is 0 Å². The van der Waals surface area contributed by atoms with Crippen LogP contribution in [0, 0.1) is 10.7 Å². The maximum absolute atomic E-state index is 5.97. The number of aromatic amines is 1. The third-order valence-corrected chi connectivity index (χ3v) is 4.59. The first-order valence-corrected chi connectivity index (χ1v) is 7.81. The molecule has 1 atom stereocenters. The molecule has 0 aliphatic carbocycles. The fourth-order valence-corrected chi connectivity index (χ4v) is 3.36. The number of hydrogen-bond acceptors (Lipinski definition) is 3. The second-order valence-corrected chi connectivity index (χ2v) is 6.63. The van der Waals surface area contributed by atoms with E-state index in [9.17, 15) is 0 Å². The van der Waals surface area contributed by atoms with Crippen molar-refractivity contribution in [3.05, 3.63) is 22.1 Å². The van der Waals surface area contributed by atoms with Crippen LogP contribution in [-0.4, -0.2) is 38.6 Å². The summed E-state index contributed by atoms with van der Waals surface area (Å²) in [5.41, 5.74) is 1.82. The van der Waals surface area contributed by atoms with Crippen LogP contribution in [0.3, 0.4) is 0 Å². The van der Waals surface area contributed by atoms with Crippen LogP contribution in [-0.2, 0) is 6.54 Å². The lowest BCUT2D eigenvalue weighted by atomic mass is 10.1. The molecule has 20 heavy (non-hydrogen) atoms. The molecular weight excluding hydrogens is 292 g/mol. The average Bonchev–Trinajstić information content (AvgIpc) is 2.96. The topological polar surface area (TPSA) is 36.9 Å². The van der Waals surface area contributed by atoms with Gasteiger partial charge in [0.2, 0.25) is 0 Å². The number of halogens is 1. The molecule has 3 heterocycles. The van der Waals surface area contributed by atoms with Gasteiger partial charge in [0, 0.05) is 25.3 Å². The van der Waals surface area contributed by atoms with Gasteiger partial charge in [-0.25, -0.2) is 4.98 Å². The number of nitrogens with one attached hydrogen (secondary N) is 1. The number of hydrogen-bond donors (Lipinski definition) is 1. The third-order valence-electron chi connectivity index (χ3n) is 4.06. The first-order valence-electron chi connectivity index (χ1n) is 7.02. The molecule has 1 N–H and O–H groups in total. The minimum absolute atomic E-state index is 0.618. The number of likely N-dealkylation sites (tertiary alicyclic amines) is 1. The predicted octanol–water partition coefficient (Wildman–Crippen LogP) is 3.48. The standard InChI is InChI=1S/C14H19ClN4S/c1-9(2)18-4-3-10(7-18)8-19-13-12(17-14(19)20)5-11(15)6-16-13/h5-6,9-10H,3-4,7-8H2,1-2H3,(H,17,20). The maximum atomic E-state index is 5.97. The number of H-pyrrole nitrogens is 1. The van der Waals surface area contributed by atoms with Gasteiger partial charge in [0.15, 0.2) is 10.4 Å². The van der Waals surface area contributed by atoms with Crippen molar-refractivity contribution in [2.24, 2.45) is 5.92 Å². The van der Waals surface area contributed by atoms with Crippen molar-refractivity contribution in [1.82, 2.24) is 19.4 Å². The molecule has 1 aliphatic rings. The number of pyridine rings is 1. The highest BCUT2D eigenvalue weighted by Crippen LogP contribution is 2.23. The van der Waals surface area contributed by atoms with Gasteiger partial charge in [-0.05, 0) is 51.0 Å². The van der Waals surface area contributed by atoms with Gasteiger partial charge in [-0.2, -0.15) is 0 Å². The number of imidazole rings is 1. The lowest BCUT2D eigenvalue weighted by Gasteiger charge is -2.20. The fraction of sp³-hybridized carbons (Fsp3) is 0.571. The van der Waals surface area contributed by atoms with Crippen molar-refractivity contribution in [1.29, 1.82) is 0 Å². The summed E-state index contributed by atoms with van der Waals surface area (Å²) in [7, 11) is 0. The van der Waals surface area contributed by atoms with Crippen LogP contribution in [0.1, 0.15) is 20.3 Å². The zero-order chi connectivity index (χ0) is 14.3. The molecule has 0 spiro atoms. The van der Waals surface area contributed by atoms with Gasteiger partial charge in [0.25, 0.3) is 0 Å². The molecule has 1 saturated heterocycles. The summed E-state index contributed by atoms with van der Waals surface area (Å²) in [5.74, 6) is 0.639. The minimum atomic E-state index is 0.618. The van der Waals surface area contributed by atoms with Gasteiger partial charge >= 0.3 is 0 Å². The van der Waals surface area contributed by atoms with E-state index in [1.165, 1.54) is 13.0 Å². The highest BCUT2D eigenvalue weighted by molar-refractivity contribution is 7.71. The number of fused-ring (bicyclic) bond motifs is 1. The second-order valence-electron chi connectivity index (χ2n) is 5.81. The van der Waals surface area contributed by atoms with E-state index in [1.807, 2.05) is 6.07 Å². The van der Waals surface area contributed by atoms with Crippen LogP contribution < -0.4 is 0 Å². The molecule has 0 amide bonds. The quantitative estimate of drug-likeness (QED) is 0.882. The van der Waals surface area contributed by atoms with E-state index >= 15 is 0 Å². The van der Waals surface area contributed by atoms with E-state index < -0.39 is 0 Å². The molecule has 0 saturated carbocycles. The molecule has 0 radical (unpaired) electrons. The highest BCUT2D eigenvalue weighted by Gasteiger charge is 2.25. The first-order chi connectivity index (χ1) is 9.54. The van der Waals surface area contributed by atoms with Crippen molar-refractivity contribution >= 4 is 35.0 Å². The lowest BCUT2D eigenvalue weighted by molar-refractivity contribution is 0.261. The number of aromatic nitrogens is 3. The third kappa shape index (κ3) is 2.62. The fourth-order valence-electron chi connectivity index (χ4n) is 2.93. The van der Waals surface area contributed by atoms with Crippen LogP contribution in [0.5, 0.6) is 0 Å². The van der Waals surface area contributed by atoms with Gasteiger partial charge < -0.3 is 14.5 Å². The Kier molecular flexibility index (Phi) is 3.84. The smallest absolute Gasteiger partial charge is 0.179 e. The predicted molar refractivity (Wildman–Crippen MR) is 84.7 cm³/mol. The average molecular weight is 311 g/mol. The van der Waals surface area contributed by atoms with Gasteiger partial charge in [0.05, 0.1) is 10.5 Å². The van der Waals surface area contributed by atoms with Gasteiger partial charge in [0.1, 0.15) is 0 Å².